The summed E-state index contributed by atoms with van der Waals surface area (Å²) in [5.41, 5.74) is 3.54. The summed E-state index contributed by atoms with van der Waals surface area (Å²) in [6.07, 6.45) is 5.69. The van der Waals surface area contributed by atoms with E-state index in [0.717, 1.165) is 32.1 Å². The summed E-state index contributed by atoms with van der Waals surface area (Å²) in [4.78, 5) is 59.7. The first-order valence-electron chi connectivity index (χ1n) is 38.8. The number of benzene rings is 6. The van der Waals surface area contributed by atoms with E-state index in [4.69, 9.17) is 5.11 Å². The van der Waals surface area contributed by atoms with Crippen molar-refractivity contribution >= 4 is 55.8 Å². The van der Waals surface area contributed by atoms with Gasteiger partial charge in [0.05, 0.1) is 50.2 Å². The third-order valence-electron chi connectivity index (χ3n) is 11.9. The van der Waals surface area contributed by atoms with Gasteiger partial charge in [-0.3, -0.25) is 4.79 Å². The van der Waals surface area contributed by atoms with E-state index in [-0.39, 0.29) is 196 Å². The molecule has 1 aliphatic heterocycles. The Morgan fingerprint density at radius 3 is 0.709 bits per heavy atom. The van der Waals surface area contributed by atoms with Crippen molar-refractivity contribution in [2.75, 3.05) is 5.75 Å². The van der Waals surface area contributed by atoms with Crippen LogP contribution in [0, 0.1) is 60.6 Å². The van der Waals surface area contributed by atoms with E-state index in [1.165, 1.54) is 29.4 Å². The fraction of sp³-hybridized carbons (Fsp3) is 0.646. The van der Waals surface area contributed by atoms with E-state index < -0.39 is 39.9 Å². The van der Waals surface area contributed by atoms with Gasteiger partial charge in [-0.2, -0.15) is 0 Å². The van der Waals surface area contributed by atoms with Crippen LogP contribution in [0.1, 0.15) is 426 Å². The number of rotatable bonds is 18. The number of hydrogen-bond donors (Lipinski definition) is 1. The van der Waals surface area contributed by atoms with Gasteiger partial charge >= 0.3 is 17.9 Å². The molecular weight excluding hydrogens is 1630 g/mol. The molecule has 2 atom stereocenters. The van der Waals surface area contributed by atoms with Crippen LogP contribution >= 0.6 is 0 Å². The molecule has 0 radical (unpaired) electrons. The van der Waals surface area contributed by atoms with Gasteiger partial charge in [-0.05, 0) is 160 Å². The van der Waals surface area contributed by atoms with E-state index >= 15 is 0 Å². The number of carbonyl (C=O) groups is 4. The lowest BCUT2D eigenvalue weighted by Crippen LogP contribution is -2.29. The van der Waals surface area contributed by atoms with Crippen LogP contribution in [0.15, 0.2) is 211 Å². The molecule has 6 aromatic rings. The quantitative estimate of drug-likeness (QED) is 0.0490. The van der Waals surface area contributed by atoms with Crippen molar-refractivity contribution < 1.29 is 52.1 Å². The number of carbonyl (C=O) groups excluding carboxylic acids is 3. The fourth-order valence-electron chi connectivity index (χ4n) is 7.90. The summed E-state index contributed by atoms with van der Waals surface area (Å²) < 4.78 is 30.5. The Kier molecular flexibility index (Phi) is 123. The Bertz CT molecular complexity index is 2940. The first-order valence-corrected chi connectivity index (χ1v) is 42.8. The molecule has 0 amide bonds. The average molecular weight is 1860 g/mol. The molecule has 0 aromatic heterocycles. The molecule has 0 aliphatic carbocycles. The van der Waals surface area contributed by atoms with Crippen LogP contribution in [0.3, 0.4) is 0 Å². The number of carboxylic acid groups (broad SMARTS) is 2. The summed E-state index contributed by atoms with van der Waals surface area (Å²) in [6.45, 7) is 71.2. The summed E-state index contributed by atoms with van der Waals surface area (Å²) in [7, 11) is -4.03. The molecule has 1 aliphatic rings. The molecule has 6 aromatic carbocycles. The zero-order valence-corrected chi connectivity index (χ0v) is 77.0. The van der Waals surface area contributed by atoms with Gasteiger partial charge in [0.15, 0.2) is 29.4 Å². The zero-order valence-electron chi connectivity index (χ0n) is 74.5. The molecule has 14 heteroatoms. The lowest BCUT2D eigenvalue weighted by atomic mass is 9.87. The molecule has 7 rings (SSSR count). The lowest BCUT2D eigenvalue weighted by Gasteiger charge is -2.21. The monoisotopic (exact) mass is 1860 g/mol. The van der Waals surface area contributed by atoms with Gasteiger partial charge in [-0.25, -0.2) is 27.8 Å². The first-order chi connectivity index (χ1) is 49.2. The van der Waals surface area contributed by atoms with Crippen LogP contribution < -0.4 is 5.11 Å². The highest BCUT2D eigenvalue weighted by Crippen LogP contribution is 2.33. The maximum atomic E-state index is 11.2. The van der Waals surface area contributed by atoms with E-state index in [1.807, 2.05) is 20.8 Å². The highest BCUT2D eigenvalue weighted by atomic mass is 32.2. The van der Waals surface area contributed by atoms with Crippen LogP contribution in [0.25, 0.3) is 0 Å². The second kappa shape index (κ2) is 87.8. The van der Waals surface area contributed by atoms with E-state index in [0.29, 0.717) is 51.8 Å². The maximum Gasteiger partial charge on any atom is 0.359 e. The van der Waals surface area contributed by atoms with E-state index in [1.54, 1.807) is 0 Å². The van der Waals surface area contributed by atoms with Crippen LogP contribution in [0.5, 0.6) is 0 Å². The van der Waals surface area contributed by atoms with Crippen molar-refractivity contribution in [3.63, 3.8) is 0 Å². The third-order valence-corrected chi connectivity index (χ3v) is 17.1. The van der Waals surface area contributed by atoms with Gasteiger partial charge < -0.3 is 19.6 Å². The number of aliphatic carboxylic acids is 2. The normalized spacial score (nSPS) is 11.4. The molecule has 0 saturated carbocycles. The predicted molar refractivity (Wildman–Crippen MR) is 586 cm³/mol. The minimum absolute atomic E-state index is 0. The van der Waals surface area contributed by atoms with Gasteiger partial charge in [0, 0.05) is 18.1 Å². The number of hydrogen-bond acceptors (Lipinski definition) is 10. The highest BCUT2D eigenvalue weighted by molar-refractivity contribution is 7.97. The Hall–Kier alpha value is -6.19. The topological polar surface area (TPSA) is 187 Å². The van der Waals surface area contributed by atoms with Crippen molar-refractivity contribution in [3.05, 3.63) is 182 Å². The lowest BCUT2D eigenvalue weighted by molar-refractivity contribution is -0.306. The summed E-state index contributed by atoms with van der Waals surface area (Å²) in [6, 6.07) is 64.3. The molecule has 1 saturated heterocycles. The smallest absolute Gasteiger partial charge is 0.359 e. The molecule has 0 spiro atoms. The van der Waals surface area contributed by atoms with Crippen molar-refractivity contribution in [2.45, 2.75) is 456 Å². The van der Waals surface area contributed by atoms with Gasteiger partial charge in [0.1, 0.15) is 0 Å². The molecule has 2 unspecified atom stereocenters. The van der Waals surface area contributed by atoms with Crippen molar-refractivity contribution in [1.82, 2.24) is 0 Å². The SMILES string of the molecule is C.C.C.C.C.C.C.C.C.C.C.C.C.C.C.C.C.C.CC(C)(C)C.CC(C)(C)C.CC(C)(C)C.CC(C)(C)C.CC(C)(C)C.CC(C)(C)C.CC(C)(C)CCCC(CC(=O)[O-])C(=O)O.CC(C)(C)CCCC1CC(=O)OOC1=O.CC(C)(C)CCCS(=O)(=O)[O-].c1ccc([S+](c2ccccc2)c2ccccc2)cc1.c1ccc([S+](c2ccccc2)c2ccccc2)cc1. The Balaban J connectivity index is -0.0000000489. The predicted octanol–water partition coefficient (Wildman–Crippen LogP) is 38.0. The van der Waals surface area contributed by atoms with Gasteiger partial charge in [-0.15, -0.1) is 0 Å². The molecule has 127 heavy (non-hydrogen) atoms. The molecule has 1 heterocycles. The van der Waals surface area contributed by atoms with Crippen LogP contribution in [-0.2, 0) is 60.9 Å². The Morgan fingerprint density at radius 1 is 0.346 bits per heavy atom. The Morgan fingerprint density at radius 2 is 0.535 bits per heavy atom. The fourth-order valence-corrected chi connectivity index (χ4v) is 12.6. The largest absolute Gasteiger partial charge is 0.748 e. The first kappa shape index (κ1) is 178. The summed E-state index contributed by atoms with van der Waals surface area (Å²) >= 11 is 0. The molecule has 1 N–H and O–H groups in total. The average Bonchev–Trinajstić information content (AvgIpc) is 0.824. The van der Waals surface area contributed by atoms with Gasteiger partial charge in [0.25, 0.3) is 0 Å². The summed E-state index contributed by atoms with van der Waals surface area (Å²) in [5, 5.41) is 19.1. The van der Waals surface area contributed by atoms with Crippen LogP contribution in [-0.4, -0.2) is 47.7 Å². The standard InChI is InChI=1S/2C18H15S.C11H18O4.C11H20O4.C7H16O3S.6C5H12.18CH4/c2*1-4-10-16(11-5-1)19(17-12-6-2-7-13-17)18-14-8-3-9-15-18;1-11(2,3)6-4-5-8-7-9(12)14-15-10(8)13;1-11(2,3)6-4-5-8(10(14)15)7-9(12)13;1-7(2,3)5-4-6-11(8,9)10;6*1-5(2,3)4;;;;;;;;;;;;;;;;;;/h2*1-15H;8H,4-7H2,1-3H3;8H,4-7H2,1-3H3,(H,12,13)(H,14,15);4-6H2,1-3H3,(H,8,9,10);6*1-4H3;18*1H4/q2*+1;;;;;;;;;;;;;;;;;;;;;;;;;;;/p-2. The molecular formula is C113H226O11S3. The molecule has 762 valence electrons. The molecule has 0 bridgehead atoms. The minimum atomic E-state index is -4.00. The maximum absolute atomic E-state index is 11.2. The third kappa shape index (κ3) is 140. The number of carboxylic acids is 2. The highest BCUT2D eigenvalue weighted by Gasteiger charge is 2.32. The van der Waals surface area contributed by atoms with Crippen LogP contribution in [0.2, 0.25) is 0 Å². The van der Waals surface area contributed by atoms with Crippen molar-refractivity contribution in [1.29, 1.82) is 0 Å². The second-order valence-corrected chi connectivity index (χ2v) is 46.3. The summed E-state index contributed by atoms with van der Waals surface area (Å²) in [5.74, 6) is -4.55. The van der Waals surface area contributed by atoms with E-state index in [2.05, 4.69) is 399 Å². The minimum Gasteiger partial charge on any atom is -0.748 e. The molecule has 11 nitrogen and oxygen atoms in total. The van der Waals surface area contributed by atoms with Crippen molar-refractivity contribution in [2.24, 2.45) is 60.6 Å². The Labute approximate surface area is 806 Å². The van der Waals surface area contributed by atoms with E-state index in [9.17, 15) is 37.3 Å². The second-order valence-electron chi connectivity index (χ2n) is 40.7. The van der Waals surface area contributed by atoms with Crippen molar-refractivity contribution in [3.8, 4) is 0 Å². The zero-order chi connectivity index (χ0) is 85.5. The van der Waals surface area contributed by atoms with Gasteiger partial charge in [-0.1, -0.05) is 484 Å². The van der Waals surface area contributed by atoms with Crippen LogP contribution in [0.4, 0.5) is 0 Å². The molecule has 1 fully saturated rings. The van der Waals surface area contributed by atoms with Gasteiger partial charge in [0.2, 0.25) is 0 Å².